The van der Waals surface area contributed by atoms with Gasteiger partial charge in [-0.15, -0.1) is 0 Å². The number of carbonyl (C=O) groups excluding carboxylic acids is 3. The number of nitrogens with two attached hydrogens (primary N) is 2. The van der Waals surface area contributed by atoms with Gasteiger partial charge in [-0.2, -0.15) is 0 Å². The number of primary amides is 1. The van der Waals surface area contributed by atoms with Crippen molar-refractivity contribution >= 4 is 23.7 Å². The average Bonchev–Trinajstić information content (AvgIpc) is 2.49. The summed E-state index contributed by atoms with van der Waals surface area (Å²) in [6.07, 6.45) is -0.0569. The Hall–Kier alpha value is -2.20. The number of aliphatic hydroxyl groups excluding tert-OH is 1. The lowest BCUT2D eigenvalue weighted by atomic mass is 9.97. The number of aliphatic carboxylic acids is 1. The molecule has 0 fully saturated rings. The van der Waals surface area contributed by atoms with Crippen LogP contribution in [0.4, 0.5) is 0 Å². The average molecular weight is 332 g/mol. The van der Waals surface area contributed by atoms with Crippen molar-refractivity contribution in [3.05, 3.63) is 0 Å². The molecule has 23 heavy (non-hydrogen) atoms. The molecule has 0 aromatic carbocycles. The van der Waals surface area contributed by atoms with Gasteiger partial charge in [-0.05, 0) is 5.92 Å². The number of carbonyl (C=O) groups is 4. The molecule has 0 saturated carbocycles. The summed E-state index contributed by atoms with van der Waals surface area (Å²) in [5.41, 5.74) is 10.3. The molecule has 0 aromatic rings. The molecule has 0 bridgehead atoms. The maximum atomic E-state index is 12.2. The first-order valence-corrected chi connectivity index (χ1v) is 7.12. The molecule has 0 rings (SSSR count). The molecule has 0 saturated heterocycles. The molecule has 10 heteroatoms. The van der Waals surface area contributed by atoms with Crippen LogP contribution in [0.3, 0.4) is 0 Å². The minimum absolute atomic E-state index is 0.326. The van der Waals surface area contributed by atoms with Crippen LogP contribution >= 0.6 is 0 Å². The van der Waals surface area contributed by atoms with E-state index in [0.717, 1.165) is 0 Å². The van der Waals surface area contributed by atoms with Gasteiger partial charge in [-0.25, -0.2) is 4.79 Å². The van der Waals surface area contributed by atoms with E-state index in [2.05, 4.69) is 10.6 Å². The van der Waals surface area contributed by atoms with E-state index in [1.165, 1.54) is 0 Å². The molecule has 0 aromatic heterocycles. The Morgan fingerprint density at radius 1 is 1.13 bits per heavy atom. The fourth-order valence-corrected chi connectivity index (χ4v) is 1.71. The molecule has 0 aliphatic carbocycles. The van der Waals surface area contributed by atoms with E-state index in [-0.39, 0.29) is 5.92 Å². The summed E-state index contributed by atoms with van der Waals surface area (Å²) in [4.78, 5) is 45.9. The Bertz CT molecular complexity index is 456. The largest absolute Gasteiger partial charge is 0.480 e. The van der Waals surface area contributed by atoms with Crippen molar-refractivity contribution < 1.29 is 29.4 Å². The quantitative estimate of drug-likeness (QED) is 0.251. The maximum Gasteiger partial charge on any atom is 0.326 e. The molecule has 132 valence electrons. The predicted octanol–water partition coefficient (Wildman–Crippen LogP) is -2.72. The van der Waals surface area contributed by atoms with E-state index < -0.39 is 54.8 Å². The molecular formula is C13H24N4O6. The lowest BCUT2D eigenvalue weighted by Crippen LogP contribution is -2.57. The monoisotopic (exact) mass is 332 g/mol. The van der Waals surface area contributed by atoms with Crippen molar-refractivity contribution in [2.75, 3.05) is 6.61 Å². The van der Waals surface area contributed by atoms with Crippen LogP contribution in [0.25, 0.3) is 0 Å². The number of nitrogens with one attached hydrogen (secondary N) is 2. The van der Waals surface area contributed by atoms with E-state index >= 15 is 0 Å². The normalized spacial score (nSPS) is 15.8. The first-order chi connectivity index (χ1) is 10.6. The van der Waals surface area contributed by atoms with E-state index in [9.17, 15) is 19.2 Å². The molecule has 3 amide bonds. The summed E-state index contributed by atoms with van der Waals surface area (Å²) in [6, 6.07) is -3.75. The van der Waals surface area contributed by atoms with Gasteiger partial charge in [-0.1, -0.05) is 20.3 Å². The summed E-state index contributed by atoms with van der Waals surface area (Å²) in [7, 11) is 0. The first-order valence-electron chi connectivity index (χ1n) is 7.12. The van der Waals surface area contributed by atoms with Gasteiger partial charge in [0.25, 0.3) is 0 Å². The molecular weight excluding hydrogens is 308 g/mol. The van der Waals surface area contributed by atoms with Gasteiger partial charge >= 0.3 is 5.97 Å². The predicted molar refractivity (Wildman–Crippen MR) is 79.8 cm³/mol. The number of hydrogen-bond donors (Lipinski definition) is 6. The van der Waals surface area contributed by atoms with Crippen LogP contribution in [-0.2, 0) is 19.2 Å². The maximum absolute atomic E-state index is 12.2. The van der Waals surface area contributed by atoms with E-state index in [1.54, 1.807) is 13.8 Å². The third kappa shape index (κ3) is 7.06. The van der Waals surface area contributed by atoms with Crippen LogP contribution in [0.5, 0.6) is 0 Å². The van der Waals surface area contributed by atoms with Crippen molar-refractivity contribution in [2.24, 2.45) is 17.4 Å². The standard InChI is InChI=1S/C13H24N4O6/c1-3-6(2)10(17-11(20)7(14)5-18)12(21)16-8(13(22)23)4-9(15)19/h6-8,10,18H,3-5,14H2,1-2H3,(H2,15,19)(H,16,21)(H,17,20)(H,22,23). The topological polar surface area (TPSA) is 185 Å². The van der Waals surface area contributed by atoms with E-state index in [4.69, 9.17) is 21.7 Å². The summed E-state index contributed by atoms with van der Waals surface area (Å²) in [6.45, 7) is 2.86. The van der Waals surface area contributed by atoms with Crippen molar-refractivity contribution in [2.45, 2.75) is 44.8 Å². The van der Waals surface area contributed by atoms with Gasteiger partial charge in [0.2, 0.25) is 17.7 Å². The molecule has 0 aliphatic heterocycles. The van der Waals surface area contributed by atoms with Crippen molar-refractivity contribution in [3.63, 3.8) is 0 Å². The lowest BCUT2D eigenvalue weighted by Gasteiger charge is -2.26. The fraction of sp³-hybridized carbons (Fsp3) is 0.692. The molecule has 4 unspecified atom stereocenters. The van der Waals surface area contributed by atoms with E-state index in [0.29, 0.717) is 6.42 Å². The van der Waals surface area contributed by atoms with E-state index in [1.807, 2.05) is 0 Å². The smallest absolute Gasteiger partial charge is 0.326 e. The Labute approximate surface area is 133 Å². The van der Waals surface area contributed by atoms with Crippen LogP contribution in [0.1, 0.15) is 26.7 Å². The molecule has 4 atom stereocenters. The van der Waals surface area contributed by atoms with Gasteiger partial charge < -0.3 is 32.3 Å². The molecule has 0 radical (unpaired) electrons. The van der Waals surface area contributed by atoms with Crippen molar-refractivity contribution in [3.8, 4) is 0 Å². The minimum atomic E-state index is -1.49. The van der Waals surface area contributed by atoms with Crippen LogP contribution in [-0.4, -0.2) is 58.6 Å². The molecule has 0 heterocycles. The number of rotatable bonds is 10. The second-order valence-corrected chi connectivity index (χ2v) is 5.23. The number of carboxylic acid groups (broad SMARTS) is 1. The van der Waals surface area contributed by atoms with Gasteiger partial charge in [0.1, 0.15) is 18.1 Å². The third-order valence-corrected chi connectivity index (χ3v) is 3.35. The van der Waals surface area contributed by atoms with Crippen molar-refractivity contribution in [1.82, 2.24) is 10.6 Å². The highest BCUT2D eigenvalue weighted by Crippen LogP contribution is 2.09. The van der Waals surface area contributed by atoms with Gasteiger partial charge in [0, 0.05) is 0 Å². The highest BCUT2D eigenvalue weighted by Gasteiger charge is 2.31. The zero-order valence-electron chi connectivity index (χ0n) is 13.1. The van der Waals surface area contributed by atoms with Crippen molar-refractivity contribution in [1.29, 1.82) is 0 Å². The number of hydrogen-bond acceptors (Lipinski definition) is 6. The second kappa shape index (κ2) is 9.74. The highest BCUT2D eigenvalue weighted by molar-refractivity contribution is 5.93. The number of carboxylic acids is 1. The Balaban J connectivity index is 5.09. The first kappa shape index (κ1) is 20.8. The lowest BCUT2D eigenvalue weighted by molar-refractivity contribution is -0.144. The molecule has 10 nitrogen and oxygen atoms in total. The number of amides is 3. The zero-order valence-corrected chi connectivity index (χ0v) is 13.1. The summed E-state index contributed by atoms with van der Waals surface area (Å²) >= 11 is 0. The summed E-state index contributed by atoms with van der Waals surface area (Å²) in [5, 5.41) is 22.4. The fourth-order valence-electron chi connectivity index (χ4n) is 1.71. The van der Waals surface area contributed by atoms with Gasteiger partial charge in [-0.3, -0.25) is 14.4 Å². The Kier molecular flexibility index (Phi) is 8.81. The Morgan fingerprint density at radius 2 is 1.70 bits per heavy atom. The third-order valence-electron chi connectivity index (χ3n) is 3.35. The van der Waals surface area contributed by atoms with Crippen LogP contribution in [0.15, 0.2) is 0 Å². The second-order valence-electron chi connectivity index (χ2n) is 5.23. The van der Waals surface area contributed by atoms with Crippen LogP contribution in [0, 0.1) is 5.92 Å². The van der Waals surface area contributed by atoms with Gasteiger partial charge in [0.05, 0.1) is 13.0 Å². The zero-order chi connectivity index (χ0) is 18.2. The minimum Gasteiger partial charge on any atom is -0.480 e. The van der Waals surface area contributed by atoms with Gasteiger partial charge in [0.15, 0.2) is 0 Å². The summed E-state index contributed by atoms with van der Waals surface area (Å²) in [5.74, 6) is -4.14. The SMILES string of the molecule is CCC(C)C(NC(=O)C(N)CO)C(=O)NC(CC(N)=O)C(=O)O. The molecule has 0 aliphatic rings. The van der Waals surface area contributed by atoms with Crippen LogP contribution < -0.4 is 22.1 Å². The molecule has 8 N–H and O–H groups in total. The van der Waals surface area contributed by atoms with Crippen LogP contribution in [0.2, 0.25) is 0 Å². The highest BCUT2D eigenvalue weighted by atomic mass is 16.4. The summed E-state index contributed by atoms with van der Waals surface area (Å²) < 4.78 is 0. The molecule has 0 spiro atoms. The Morgan fingerprint density at radius 3 is 2.09 bits per heavy atom. The number of aliphatic hydroxyl groups is 1.